The average Bonchev–Trinajstić information content (AvgIpc) is 3.16. The highest BCUT2D eigenvalue weighted by Gasteiger charge is 2.30. The predicted molar refractivity (Wildman–Crippen MR) is 127 cm³/mol. The number of para-hydroxylation sites is 1. The number of ether oxygens (including phenoxy) is 2. The Hall–Kier alpha value is -3.72. The van der Waals surface area contributed by atoms with Gasteiger partial charge >= 0.3 is 0 Å². The monoisotopic (exact) mass is 466 g/mol. The summed E-state index contributed by atoms with van der Waals surface area (Å²) in [6.07, 6.45) is 1.06. The molecule has 1 amide bonds. The summed E-state index contributed by atoms with van der Waals surface area (Å²) in [7, 11) is -3.78. The minimum Gasteiger partial charge on any atom is -0.486 e. The molecule has 4 aromatic rings. The predicted octanol–water partition coefficient (Wildman–Crippen LogP) is 4.15. The van der Waals surface area contributed by atoms with Crippen molar-refractivity contribution in [2.24, 2.45) is 0 Å². The van der Waals surface area contributed by atoms with E-state index >= 15 is 0 Å². The minimum atomic E-state index is -3.78. The largest absolute Gasteiger partial charge is 0.486 e. The van der Waals surface area contributed by atoms with Gasteiger partial charge in [-0.15, -0.1) is 0 Å². The van der Waals surface area contributed by atoms with Gasteiger partial charge in [0.2, 0.25) is 15.9 Å². The first-order valence-corrected chi connectivity index (χ1v) is 12.3. The molecule has 1 N–H and O–H groups in total. The number of rotatable bonds is 5. The molecule has 1 atom stereocenters. The van der Waals surface area contributed by atoms with E-state index in [0.717, 1.165) is 26.9 Å². The SMILES string of the molecule is C[C@@H](C(=O)Nc1ccc2c(c1)oc1ccccc12)N(c1ccc2c(c1)OCCO2)S(C)(=O)=O. The van der Waals surface area contributed by atoms with E-state index in [1.165, 1.54) is 6.92 Å². The topological polar surface area (TPSA) is 98.1 Å². The van der Waals surface area contributed by atoms with Crippen molar-refractivity contribution in [3.63, 3.8) is 0 Å². The molecule has 5 rings (SSSR count). The molecule has 2 heterocycles. The van der Waals surface area contributed by atoms with E-state index in [1.807, 2.05) is 30.3 Å². The number of hydrogen-bond donors (Lipinski definition) is 1. The second kappa shape index (κ2) is 8.00. The number of nitrogens with one attached hydrogen (secondary N) is 1. The van der Waals surface area contributed by atoms with E-state index in [0.29, 0.717) is 41.7 Å². The number of fused-ring (bicyclic) bond motifs is 4. The van der Waals surface area contributed by atoms with E-state index in [4.69, 9.17) is 13.9 Å². The van der Waals surface area contributed by atoms with Gasteiger partial charge in [-0.05, 0) is 37.3 Å². The zero-order valence-corrected chi connectivity index (χ0v) is 18.9. The van der Waals surface area contributed by atoms with Crippen LogP contribution in [0.2, 0.25) is 0 Å². The number of carbonyl (C=O) groups is 1. The standard InChI is InChI=1S/C24H22N2O6S/c1-15(26(33(2,28)29)17-8-10-21-23(14-17)31-12-11-30-21)24(27)25-16-7-9-19-18-5-3-4-6-20(18)32-22(19)13-16/h3-10,13-15H,11-12H2,1-2H3,(H,25,27)/t15-/m0/s1. The molecule has 1 aliphatic rings. The summed E-state index contributed by atoms with van der Waals surface area (Å²) in [5.41, 5.74) is 2.21. The zero-order chi connectivity index (χ0) is 23.2. The molecule has 1 aliphatic heterocycles. The second-order valence-corrected chi connectivity index (χ2v) is 9.72. The Balaban J connectivity index is 1.43. The molecule has 0 spiro atoms. The van der Waals surface area contributed by atoms with Gasteiger partial charge in [-0.25, -0.2) is 8.42 Å². The molecule has 0 unspecified atom stereocenters. The van der Waals surface area contributed by atoms with Crippen molar-refractivity contribution < 1.29 is 27.1 Å². The van der Waals surface area contributed by atoms with Crippen molar-refractivity contribution in [2.75, 3.05) is 29.1 Å². The van der Waals surface area contributed by atoms with Crippen LogP contribution < -0.4 is 19.1 Å². The van der Waals surface area contributed by atoms with E-state index < -0.39 is 22.0 Å². The molecule has 0 radical (unpaired) electrons. The third-order valence-corrected chi connectivity index (χ3v) is 6.76. The van der Waals surface area contributed by atoms with Crippen molar-refractivity contribution in [1.82, 2.24) is 0 Å². The summed E-state index contributed by atoms with van der Waals surface area (Å²) in [6.45, 7) is 2.33. The molecule has 0 aliphatic carbocycles. The van der Waals surface area contributed by atoms with Crippen LogP contribution in [0.4, 0.5) is 11.4 Å². The van der Waals surface area contributed by atoms with Crippen LogP contribution in [0.15, 0.2) is 65.1 Å². The lowest BCUT2D eigenvalue weighted by Crippen LogP contribution is -2.45. The highest BCUT2D eigenvalue weighted by Crippen LogP contribution is 2.36. The van der Waals surface area contributed by atoms with Crippen molar-refractivity contribution in [1.29, 1.82) is 0 Å². The summed E-state index contributed by atoms with van der Waals surface area (Å²) in [5, 5.41) is 4.72. The van der Waals surface area contributed by atoms with Gasteiger partial charge in [0, 0.05) is 28.6 Å². The number of amides is 1. The Labute approximate surface area is 190 Å². The van der Waals surface area contributed by atoms with Crippen LogP contribution in [-0.2, 0) is 14.8 Å². The van der Waals surface area contributed by atoms with Crippen LogP contribution in [0.25, 0.3) is 21.9 Å². The lowest BCUT2D eigenvalue weighted by Gasteiger charge is -2.29. The highest BCUT2D eigenvalue weighted by atomic mass is 32.2. The zero-order valence-electron chi connectivity index (χ0n) is 18.1. The van der Waals surface area contributed by atoms with Gasteiger partial charge in [0.15, 0.2) is 11.5 Å². The second-order valence-electron chi connectivity index (χ2n) is 7.86. The molecule has 1 aromatic heterocycles. The first kappa shape index (κ1) is 21.1. The molecule has 8 nitrogen and oxygen atoms in total. The van der Waals surface area contributed by atoms with Gasteiger partial charge in [0.25, 0.3) is 0 Å². The molecule has 0 saturated heterocycles. The van der Waals surface area contributed by atoms with Crippen LogP contribution in [0, 0.1) is 0 Å². The summed E-state index contributed by atoms with van der Waals surface area (Å²) < 4.78 is 43.3. The lowest BCUT2D eigenvalue weighted by molar-refractivity contribution is -0.116. The Bertz CT molecular complexity index is 1480. The Kier molecular flexibility index (Phi) is 5.13. The Morgan fingerprint density at radius 3 is 2.45 bits per heavy atom. The van der Waals surface area contributed by atoms with Crippen LogP contribution >= 0.6 is 0 Å². The van der Waals surface area contributed by atoms with Crippen molar-refractivity contribution in [2.45, 2.75) is 13.0 Å². The molecular formula is C24H22N2O6S. The van der Waals surface area contributed by atoms with E-state index in [9.17, 15) is 13.2 Å². The van der Waals surface area contributed by atoms with E-state index in [1.54, 1.807) is 30.3 Å². The lowest BCUT2D eigenvalue weighted by atomic mass is 10.1. The molecule has 170 valence electrons. The minimum absolute atomic E-state index is 0.317. The summed E-state index contributed by atoms with van der Waals surface area (Å²) in [5.74, 6) is 0.496. The van der Waals surface area contributed by atoms with E-state index in [-0.39, 0.29) is 0 Å². The van der Waals surface area contributed by atoms with Gasteiger partial charge in [-0.3, -0.25) is 9.10 Å². The van der Waals surface area contributed by atoms with Crippen molar-refractivity contribution >= 4 is 49.2 Å². The molecule has 33 heavy (non-hydrogen) atoms. The first-order valence-electron chi connectivity index (χ1n) is 10.4. The number of benzene rings is 3. The normalized spacial score (nSPS) is 14.2. The van der Waals surface area contributed by atoms with E-state index in [2.05, 4.69) is 5.32 Å². The van der Waals surface area contributed by atoms with Gasteiger partial charge < -0.3 is 19.2 Å². The summed E-state index contributed by atoms with van der Waals surface area (Å²) >= 11 is 0. The Morgan fingerprint density at radius 1 is 0.939 bits per heavy atom. The highest BCUT2D eigenvalue weighted by molar-refractivity contribution is 7.92. The molecule has 0 saturated carbocycles. The van der Waals surface area contributed by atoms with Gasteiger partial charge in [0.05, 0.1) is 11.9 Å². The van der Waals surface area contributed by atoms with Crippen LogP contribution in [-0.4, -0.2) is 39.8 Å². The fourth-order valence-corrected chi connectivity index (χ4v) is 5.19. The number of sulfonamides is 1. The molecule has 0 bridgehead atoms. The summed E-state index contributed by atoms with van der Waals surface area (Å²) in [6, 6.07) is 16.8. The average molecular weight is 467 g/mol. The molecule has 9 heteroatoms. The summed E-state index contributed by atoms with van der Waals surface area (Å²) in [4.78, 5) is 13.1. The molecular weight excluding hydrogens is 444 g/mol. The number of carbonyl (C=O) groups excluding carboxylic acids is 1. The fourth-order valence-electron chi connectivity index (χ4n) is 4.03. The van der Waals surface area contributed by atoms with Crippen LogP contribution in [0.1, 0.15) is 6.92 Å². The van der Waals surface area contributed by atoms with Crippen molar-refractivity contribution in [3.05, 3.63) is 60.7 Å². The van der Waals surface area contributed by atoms with Gasteiger partial charge in [-0.1, -0.05) is 18.2 Å². The number of hydrogen-bond acceptors (Lipinski definition) is 6. The quantitative estimate of drug-likeness (QED) is 0.475. The third kappa shape index (κ3) is 3.95. The van der Waals surface area contributed by atoms with Crippen LogP contribution in [0.3, 0.4) is 0 Å². The molecule has 0 fully saturated rings. The third-order valence-electron chi connectivity index (χ3n) is 5.52. The fraction of sp³-hybridized carbons (Fsp3) is 0.208. The van der Waals surface area contributed by atoms with Crippen LogP contribution in [0.5, 0.6) is 11.5 Å². The number of furan rings is 1. The maximum Gasteiger partial charge on any atom is 0.247 e. The first-order chi connectivity index (χ1) is 15.8. The van der Waals surface area contributed by atoms with Gasteiger partial charge in [0.1, 0.15) is 30.4 Å². The number of anilines is 2. The molecule has 3 aromatic carbocycles. The number of nitrogens with zero attached hydrogens (tertiary/aromatic N) is 1. The Morgan fingerprint density at radius 2 is 1.67 bits per heavy atom. The van der Waals surface area contributed by atoms with Gasteiger partial charge in [-0.2, -0.15) is 0 Å². The maximum atomic E-state index is 13.1. The maximum absolute atomic E-state index is 13.1. The smallest absolute Gasteiger partial charge is 0.247 e. The van der Waals surface area contributed by atoms with Crippen molar-refractivity contribution in [3.8, 4) is 11.5 Å².